The van der Waals surface area contributed by atoms with Gasteiger partial charge in [0.15, 0.2) is 5.69 Å². The molecule has 33 heavy (non-hydrogen) atoms. The van der Waals surface area contributed by atoms with Crippen LogP contribution in [0.15, 0.2) is 92.5 Å². The van der Waals surface area contributed by atoms with Crippen LogP contribution in [0.5, 0.6) is 0 Å². The molecule has 7 nitrogen and oxygen atoms in total. The number of thiophene rings is 1. The van der Waals surface area contributed by atoms with Gasteiger partial charge < -0.3 is 0 Å². The smallest absolute Gasteiger partial charge is 0.283 e. The molecular formula is C24H20N6OS2. The largest absolute Gasteiger partial charge is 0.297 e. The van der Waals surface area contributed by atoms with Crippen LogP contribution in [0.25, 0.3) is 16.3 Å². The normalized spacial score (nSPS) is 12.1. The number of thiazole rings is 1. The van der Waals surface area contributed by atoms with Gasteiger partial charge in [0.2, 0.25) is 4.80 Å². The van der Waals surface area contributed by atoms with Crippen molar-refractivity contribution in [3.63, 3.8) is 0 Å². The molecule has 4 aromatic heterocycles. The Morgan fingerprint density at radius 3 is 2.55 bits per heavy atom. The lowest BCUT2D eigenvalue weighted by atomic mass is 10.3. The SMILES string of the molecule is Cc1c(N=c2scc(-c3cccs3)n2N=Cc2ccccn2)c(=O)n(-c2ccccc2)n1C. The Balaban J connectivity index is 1.69. The van der Waals surface area contributed by atoms with E-state index in [2.05, 4.69) is 10.1 Å². The second-order valence-electron chi connectivity index (χ2n) is 7.21. The summed E-state index contributed by atoms with van der Waals surface area (Å²) in [6.07, 6.45) is 3.42. The maximum absolute atomic E-state index is 13.3. The zero-order valence-corrected chi connectivity index (χ0v) is 19.6. The van der Waals surface area contributed by atoms with Crippen LogP contribution in [-0.4, -0.2) is 25.2 Å². The number of hydrogen-bond acceptors (Lipinski definition) is 6. The fourth-order valence-electron chi connectivity index (χ4n) is 3.43. The van der Waals surface area contributed by atoms with Crippen LogP contribution in [0.4, 0.5) is 5.69 Å². The summed E-state index contributed by atoms with van der Waals surface area (Å²) in [6.45, 7) is 1.90. The van der Waals surface area contributed by atoms with Crippen LogP contribution in [0, 0.1) is 6.92 Å². The van der Waals surface area contributed by atoms with E-state index in [4.69, 9.17) is 4.99 Å². The fraction of sp³-hybridized carbons (Fsp3) is 0.0833. The first-order chi connectivity index (χ1) is 16.1. The summed E-state index contributed by atoms with van der Waals surface area (Å²) in [6, 6.07) is 19.3. The van der Waals surface area contributed by atoms with Gasteiger partial charge in [0.25, 0.3) is 5.56 Å². The average molecular weight is 473 g/mol. The minimum Gasteiger partial charge on any atom is -0.283 e. The van der Waals surface area contributed by atoms with Crippen LogP contribution in [0.2, 0.25) is 0 Å². The Labute approximate surface area is 197 Å². The highest BCUT2D eigenvalue weighted by molar-refractivity contribution is 7.14. The summed E-state index contributed by atoms with van der Waals surface area (Å²) >= 11 is 3.07. The molecule has 0 aliphatic heterocycles. The quantitative estimate of drug-likeness (QED) is 0.351. The highest BCUT2D eigenvalue weighted by atomic mass is 32.1. The standard InChI is InChI=1S/C24H20N6OS2/c1-17-22(23(31)30(28(17)2)19-10-4-3-5-11-19)27-24-29(26-15-18-9-6-7-13-25-18)20(16-33-24)21-12-8-14-32-21/h3-16H,1-2H3. The lowest BCUT2D eigenvalue weighted by Crippen LogP contribution is -2.19. The van der Waals surface area contributed by atoms with Crippen LogP contribution in [-0.2, 0) is 7.05 Å². The van der Waals surface area contributed by atoms with E-state index in [0.717, 1.165) is 27.6 Å². The average Bonchev–Trinajstić information content (AvgIpc) is 3.56. The second-order valence-corrected chi connectivity index (χ2v) is 9.00. The molecule has 0 spiro atoms. The molecule has 0 atom stereocenters. The molecule has 0 saturated heterocycles. The molecule has 9 heteroatoms. The first-order valence-corrected chi connectivity index (χ1v) is 12.0. The van der Waals surface area contributed by atoms with Crippen LogP contribution in [0.3, 0.4) is 0 Å². The molecule has 4 heterocycles. The minimum absolute atomic E-state index is 0.174. The van der Waals surface area contributed by atoms with E-state index in [0.29, 0.717) is 10.5 Å². The molecule has 0 bridgehead atoms. The Hall–Kier alpha value is -3.82. The Bertz CT molecular complexity index is 1540. The first-order valence-electron chi connectivity index (χ1n) is 10.2. The Morgan fingerprint density at radius 2 is 1.82 bits per heavy atom. The van der Waals surface area contributed by atoms with E-state index < -0.39 is 0 Å². The zero-order chi connectivity index (χ0) is 22.8. The lowest BCUT2D eigenvalue weighted by molar-refractivity contribution is 0.630. The van der Waals surface area contributed by atoms with Crippen LogP contribution < -0.4 is 10.4 Å². The van der Waals surface area contributed by atoms with Gasteiger partial charge in [-0.05, 0) is 42.6 Å². The molecule has 5 aromatic rings. The van der Waals surface area contributed by atoms with Crippen molar-refractivity contribution in [2.75, 3.05) is 0 Å². The third-order valence-corrected chi connectivity index (χ3v) is 6.89. The van der Waals surface area contributed by atoms with Crippen molar-refractivity contribution in [3.05, 3.63) is 104 Å². The lowest BCUT2D eigenvalue weighted by Gasteiger charge is -2.07. The number of benzene rings is 1. The van der Waals surface area contributed by atoms with E-state index in [1.165, 1.54) is 11.3 Å². The Morgan fingerprint density at radius 1 is 1.00 bits per heavy atom. The maximum atomic E-state index is 13.3. The highest BCUT2D eigenvalue weighted by Gasteiger charge is 2.17. The van der Waals surface area contributed by atoms with Crippen molar-refractivity contribution in [2.24, 2.45) is 17.1 Å². The predicted molar refractivity (Wildman–Crippen MR) is 134 cm³/mol. The van der Waals surface area contributed by atoms with Gasteiger partial charge in [0.1, 0.15) is 0 Å². The summed E-state index contributed by atoms with van der Waals surface area (Å²) in [4.78, 5) is 24.1. The number of para-hydroxylation sites is 1. The van der Waals surface area contributed by atoms with E-state index in [1.54, 1.807) is 33.1 Å². The van der Waals surface area contributed by atoms with E-state index >= 15 is 0 Å². The van der Waals surface area contributed by atoms with Crippen molar-refractivity contribution >= 4 is 34.6 Å². The van der Waals surface area contributed by atoms with Crippen molar-refractivity contribution in [2.45, 2.75) is 6.92 Å². The van der Waals surface area contributed by atoms with E-state index in [1.807, 2.05) is 90.1 Å². The molecule has 0 radical (unpaired) electrons. The fourth-order valence-corrected chi connectivity index (χ4v) is 5.07. The number of hydrogen-bond donors (Lipinski definition) is 0. The summed E-state index contributed by atoms with van der Waals surface area (Å²) in [5, 5.41) is 8.70. The van der Waals surface area contributed by atoms with Gasteiger partial charge >= 0.3 is 0 Å². The first kappa shape index (κ1) is 21.0. The van der Waals surface area contributed by atoms with Gasteiger partial charge in [0, 0.05) is 18.6 Å². The summed E-state index contributed by atoms with van der Waals surface area (Å²) in [5.41, 5.74) is 3.44. The monoisotopic (exact) mass is 472 g/mol. The molecule has 0 aliphatic carbocycles. The van der Waals surface area contributed by atoms with Crippen molar-refractivity contribution < 1.29 is 0 Å². The topological polar surface area (TPSA) is 69.5 Å². The van der Waals surface area contributed by atoms with Crippen LogP contribution in [0.1, 0.15) is 11.4 Å². The summed E-state index contributed by atoms with van der Waals surface area (Å²) in [5.74, 6) is 0. The predicted octanol–water partition coefficient (Wildman–Crippen LogP) is 4.59. The molecule has 1 aromatic carbocycles. The molecule has 5 rings (SSSR count). The van der Waals surface area contributed by atoms with Crippen molar-refractivity contribution in [1.29, 1.82) is 0 Å². The molecule has 0 fully saturated rings. The Kier molecular flexibility index (Phi) is 5.72. The van der Waals surface area contributed by atoms with E-state index in [-0.39, 0.29) is 5.56 Å². The second kappa shape index (κ2) is 8.97. The molecule has 0 unspecified atom stereocenters. The van der Waals surface area contributed by atoms with Crippen molar-refractivity contribution in [1.82, 2.24) is 19.0 Å². The molecule has 0 aliphatic rings. The molecule has 0 saturated carbocycles. The number of pyridine rings is 1. The highest BCUT2D eigenvalue weighted by Crippen LogP contribution is 2.25. The van der Waals surface area contributed by atoms with Gasteiger partial charge in [-0.15, -0.1) is 22.7 Å². The maximum Gasteiger partial charge on any atom is 0.297 e. The van der Waals surface area contributed by atoms with Gasteiger partial charge in [-0.25, -0.2) is 14.4 Å². The van der Waals surface area contributed by atoms with Gasteiger partial charge in [-0.1, -0.05) is 30.3 Å². The minimum atomic E-state index is -0.174. The van der Waals surface area contributed by atoms with Gasteiger partial charge in [-0.2, -0.15) is 5.10 Å². The molecular weight excluding hydrogens is 452 g/mol. The third-order valence-electron chi connectivity index (χ3n) is 5.18. The molecule has 0 amide bonds. The molecule has 164 valence electrons. The van der Waals surface area contributed by atoms with E-state index in [9.17, 15) is 4.79 Å². The molecule has 0 N–H and O–H groups in total. The number of aromatic nitrogens is 4. The third kappa shape index (κ3) is 4.04. The van der Waals surface area contributed by atoms with Gasteiger partial charge in [0.05, 0.1) is 33.9 Å². The van der Waals surface area contributed by atoms with Crippen molar-refractivity contribution in [3.8, 4) is 16.3 Å². The zero-order valence-electron chi connectivity index (χ0n) is 18.0. The number of rotatable bonds is 5. The summed E-state index contributed by atoms with van der Waals surface area (Å²) in [7, 11) is 1.86. The summed E-state index contributed by atoms with van der Waals surface area (Å²) < 4.78 is 5.22. The number of nitrogens with zero attached hydrogens (tertiary/aromatic N) is 6. The van der Waals surface area contributed by atoms with Gasteiger partial charge in [-0.3, -0.25) is 14.5 Å². The van der Waals surface area contributed by atoms with Crippen LogP contribution >= 0.6 is 22.7 Å².